The zero-order chi connectivity index (χ0) is 14.2. The van der Waals surface area contributed by atoms with Crippen molar-refractivity contribution in [3.63, 3.8) is 0 Å². The quantitative estimate of drug-likeness (QED) is 0.780. The number of nitrogens with zero attached hydrogens (tertiary/aromatic N) is 1. The van der Waals surface area contributed by atoms with Crippen molar-refractivity contribution < 1.29 is 4.79 Å². The highest BCUT2D eigenvalue weighted by atomic mass is 79.9. The van der Waals surface area contributed by atoms with Crippen molar-refractivity contribution in [2.24, 2.45) is 0 Å². The highest BCUT2D eigenvalue weighted by Gasteiger charge is 2.17. The van der Waals surface area contributed by atoms with Gasteiger partial charge < -0.3 is 5.32 Å². The van der Waals surface area contributed by atoms with Crippen LogP contribution in [0.2, 0.25) is 10.0 Å². The maximum absolute atomic E-state index is 12.2. The van der Waals surface area contributed by atoms with E-state index in [1.165, 1.54) is 0 Å². The van der Waals surface area contributed by atoms with Crippen LogP contribution in [-0.4, -0.2) is 16.1 Å². The lowest BCUT2D eigenvalue weighted by Crippen LogP contribution is -2.14. The molecule has 0 fully saturated rings. The molecule has 0 aliphatic rings. The number of halogens is 3. The van der Waals surface area contributed by atoms with Crippen LogP contribution < -0.4 is 5.32 Å². The first-order valence-electron chi connectivity index (χ1n) is 5.38. The van der Waals surface area contributed by atoms with E-state index in [1.807, 2.05) is 0 Å². The molecule has 0 saturated heterocycles. The van der Waals surface area contributed by atoms with Gasteiger partial charge in [-0.15, -0.1) is 0 Å². The van der Waals surface area contributed by atoms with Gasteiger partial charge in [-0.25, -0.2) is 0 Å². The Hall–Kier alpha value is -1.04. The number of nitrogens with one attached hydrogen (secondary N) is 2. The minimum atomic E-state index is -0.274. The van der Waals surface area contributed by atoms with Crippen LogP contribution in [0.3, 0.4) is 0 Å². The molecule has 0 bridgehead atoms. The molecule has 0 saturated carbocycles. The van der Waals surface area contributed by atoms with Crippen molar-refractivity contribution in [1.82, 2.24) is 10.2 Å². The van der Waals surface area contributed by atoms with E-state index in [9.17, 15) is 4.79 Å². The van der Waals surface area contributed by atoms with Crippen molar-refractivity contribution >= 4 is 50.7 Å². The second-order valence-corrected chi connectivity index (χ2v) is 5.60. The van der Waals surface area contributed by atoms with Gasteiger partial charge in [-0.05, 0) is 41.9 Å². The normalized spacial score (nSPS) is 10.6. The number of H-pyrrole nitrogens is 1. The number of hydrogen-bond donors (Lipinski definition) is 2. The van der Waals surface area contributed by atoms with Crippen LogP contribution in [0, 0.1) is 13.8 Å². The highest BCUT2D eigenvalue weighted by Crippen LogP contribution is 2.36. The second kappa shape index (κ2) is 5.53. The Morgan fingerprint density at radius 3 is 2.58 bits per heavy atom. The molecule has 0 radical (unpaired) electrons. The van der Waals surface area contributed by atoms with Crippen molar-refractivity contribution in [3.05, 3.63) is 43.6 Å². The number of carbonyl (C=O) groups is 1. The summed E-state index contributed by atoms with van der Waals surface area (Å²) in [6.45, 7) is 3.54. The lowest BCUT2D eigenvalue weighted by molar-refractivity contribution is 0.102. The number of amides is 1. The molecule has 100 valence electrons. The maximum Gasteiger partial charge on any atom is 0.259 e. The molecule has 0 atom stereocenters. The van der Waals surface area contributed by atoms with Gasteiger partial charge in [0.25, 0.3) is 5.91 Å². The molecule has 0 aliphatic carbocycles. The predicted molar refractivity (Wildman–Crippen MR) is 80.2 cm³/mol. The summed E-state index contributed by atoms with van der Waals surface area (Å²) >= 11 is 15.4. The van der Waals surface area contributed by atoms with Gasteiger partial charge in [0.2, 0.25) is 0 Å². The van der Waals surface area contributed by atoms with Crippen molar-refractivity contribution in [1.29, 1.82) is 0 Å². The first-order valence-corrected chi connectivity index (χ1v) is 6.93. The third-order valence-electron chi connectivity index (χ3n) is 2.64. The number of aromatic nitrogens is 2. The summed E-state index contributed by atoms with van der Waals surface area (Å²) in [6.07, 6.45) is 0. The smallest absolute Gasteiger partial charge is 0.259 e. The monoisotopic (exact) mass is 361 g/mol. The van der Waals surface area contributed by atoms with Crippen LogP contribution in [0.25, 0.3) is 0 Å². The van der Waals surface area contributed by atoms with Gasteiger partial charge >= 0.3 is 0 Å². The Morgan fingerprint density at radius 1 is 1.32 bits per heavy atom. The fraction of sp³-hybridized carbons (Fsp3) is 0.167. The minimum absolute atomic E-state index is 0.274. The van der Waals surface area contributed by atoms with Gasteiger partial charge in [0.05, 0.1) is 27.0 Å². The molecule has 2 rings (SSSR count). The number of anilines is 1. The van der Waals surface area contributed by atoms with Gasteiger partial charge in [0.1, 0.15) is 0 Å². The minimum Gasteiger partial charge on any atom is -0.320 e. The number of aromatic amines is 1. The van der Waals surface area contributed by atoms with E-state index in [1.54, 1.807) is 26.0 Å². The van der Waals surface area contributed by atoms with Crippen molar-refractivity contribution in [2.45, 2.75) is 13.8 Å². The predicted octanol–water partition coefficient (Wildman–Crippen LogP) is 4.35. The van der Waals surface area contributed by atoms with E-state index < -0.39 is 0 Å². The molecule has 4 nitrogen and oxygen atoms in total. The molecule has 19 heavy (non-hydrogen) atoms. The van der Waals surface area contributed by atoms with Gasteiger partial charge in [-0.3, -0.25) is 9.89 Å². The zero-order valence-corrected chi connectivity index (χ0v) is 13.2. The molecule has 2 N–H and O–H groups in total. The van der Waals surface area contributed by atoms with E-state index in [0.717, 1.165) is 0 Å². The standard InChI is InChI=1S/C12H10BrCl2N3O/c1-5-9(6(2)18-17-5)12(19)16-8-4-3-7(13)10(14)11(8)15/h3-4H,1-2H3,(H,16,19)(H,17,18). The summed E-state index contributed by atoms with van der Waals surface area (Å²) in [5.41, 5.74) is 2.30. The van der Waals surface area contributed by atoms with E-state index in [4.69, 9.17) is 23.2 Å². The first-order chi connectivity index (χ1) is 8.91. The van der Waals surface area contributed by atoms with Crippen LogP contribution in [0.4, 0.5) is 5.69 Å². The topological polar surface area (TPSA) is 57.8 Å². The summed E-state index contributed by atoms with van der Waals surface area (Å²) in [6, 6.07) is 3.40. The average Bonchev–Trinajstić information content (AvgIpc) is 2.70. The zero-order valence-electron chi connectivity index (χ0n) is 10.1. The van der Waals surface area contributed by atoms with Gasteiger partial charge in [0, 0.05) is 10.2 Å². The van der Waals surface area contributed by atoms with Crippen molar-refractivity contribution in [2.75, 3.05) is 5.32 Å². The molecule has 7 heteroatoms. The summed E-state index contributed by atoms with van der Waals surface area (Å²) in [4.78, 5) is 12.2. The third-order valence-corrected chi connectivity index (χ3v) is 4.41. The summed E-state index contributed by atoms with van der Waals surface area (Å²) in [5.74, 6) is -0.274. The van der Waals surface area contributed by atoms with Gasteiger partial charge in [-0.2, -0.15) is 5.10 Å². The molecule has 0 unspecified atom stereocenters. The summed E-state index contributed by atoms with van der Waals surface area (Å²) in [7, 11) is 0. The van der Waals surface area contributed by atoms with Crippen LogP contribution in [0.15, 0.2) is 16.6 Å². The Kier molecular flexibility index (Phi) is 4.18. The molecule has 2 aromatic rings. The van der Waals surface area contributed by atoms with Crippen LogP contribution in [0.5, 0.6) is 0 Å². The third kappa shape index (κ3) is 2.78. The molecule has 1 aromatic carbocycles. The Balaban J connectivity index is 2.32. The van der Waals surface area contributed by atoms with E-state index in [-0.39, 0.29) is 5.91 Å². The first kappa shape index (κ1) is 14.4. The van der Waals surface area contributed by atoms with Gasteiger partial charge in [0.15, 0.2) is 0 Å². The number of benzene rings is 1. The molecule has 0 spiro atoms. The van der Waals surface area contributed by atoms with Crippen LogP contribution in [0.1, 0.15) is 21.7 Å². The Morgan fingerprint density at radius 2 is 2.00 bits per heavy atom. The van der Waals surface area contributed by atoms with E-state index in [0.29, 0.717) is 37.2 Å². The maximum atomic E-state index is 12.2. The van der Waals surface area contributed by atoms with Crippen LogP contribution in [-0.2, 0) is 0 Å². The molecular formula is C12H10BrCl2N3O. The number of aryl methyl sites for hydroxylation is 2. The largest absolute Gasteiger partial charge is 0.320 e. The van der Waals surface area contributed by atoms with E-state index in [2.05, 4.69) is 31.4 Å². The Labute approximate surface area is 128 Å². The lowest BCUT2D eigenvalue weighted by Gasteiger charge is -2.09. The fourth-order valence-corrected chi connectivity index (χ4v) is 2.51. The summed E-state index contributed by atoms with van der Waals surface area (Å²) in [5, 5.41) is 10.1. The Bertz CT molecular complexity index is 635. The van der Waals surface area contributed by atoms with Crippen LogP contribution >= 0.6 is 39.1 Å². The average molecular weight is 363 g/mol. The van der Waals surface area contributed by atoms with Gasteiger partial charge in [-0.1, -0.05) is 23.2 Å². The molecular weight excluding hydrogens is 353 g/mol. The second-order valence-electron chi connectivity index (χ2n) is 3.99. The van der Waals surface area contributed by atoms with Crippen molar-refractivity contribution in [3.8, 4) is 0 Å². The van der Waals surface area contributed by atoms with E-state index >= 15 is 0 Å². The number of rotatable bonds is 2. The molecule has 1 heterocycles. The molecule has 1 aromatic heterocycles. The molecule has 0 aliphatic heterocycles. The lowest BCUT2D eigenvalue weighted by atomic mass is 10.2. The number of carbonyl (C=O) groups excluding carboxylic acids is 1. The SMILES string of the molecule is Cc1n[nH]c(C)c1C(=O)Nc1ccc(Br)c(Cl)c1Cl. The summed E-state index contributed by atoms with van der Waals surface area (Å²) < 4.78 is 0.674. The molecule has 1 amide bonds. The fourth-order valence-electron chi connectivity index (χ4n) is 1.69. The number of hydrogen-bond acceptors (Lipinski definition) is 2. The highest BCUT2D eigenvalue weighted by molar-refractivity contribution is 9.10.